The Balaban J connectivity index is 2.11. The number of nitrogens with two attached hydrogens (primary N) is 1. The molecule has 1 aromatic carbocycles. The van der Waals surface area contributed by atoms with Crippen LogP contribution in [-0.4, -0.2) is 42.8 Å². The Labute approximate surface area is 125 Å². The molecule has 2 unspecified atom stereocenters. The Morgan fingerprint density at radius 3 is 2.85 bits per heavy atom. The molecule has 4 nitrogen and oxygen atoms in total. The van der Waals surface area contributed by atoms with Gasteiger partial charge in [-0.1, -0.05) is 18.3 Å². The third-order valence-electron chi connectivity index (χ3n) is 3.87. The van der Waals surface area contributed by atoms with E-state index in [9.17, 15) is 0 Å². The van der Waals surface area contributed by atoms with E-state index >= 15 is 0 Å². The van der Waals surface area contributed by atoms with Crippen molar-refractivity contribution in [2.45, 2.75) is 32.0 Å². The molecule has 110 valence electrons. The summed E-state index contributed by atoms with van der Waals surface area (Å²) in [5, 5.41) is 0. The zero-order valence-electron chi connectivity index (χ0n) is 12.3. The maximum Gasteiger partial charge on any atom is 0.129 e. The minimum Gasteiger partial charge on any atom is -0.496 e. The molecule has 0 saturated carbocycles. The van der Waals surface area contributed by atoms with Crippen molar-refractivity contribution in [3.05, 3.63) is 29.3 Å². The monoisotopic (exact) mass is 294 g/mol. The van der Waals surface area contributed by atoms with Gasteiger partial charge in [0.25, 0.3) is 0 Å². The second-order valence-electron chi connectivity index (χ2n) is 5.25. The number of hydrogen-bond donors (Lipinski definition) is 1. The molecule has 2 N–H and O–H groups in total. The predicted octanol–water partition coefficient (Wildman–Crippen LogP) is 1.94. The first-order valence-corrected chi connectivity index (χ1v) is 7.22. The van der Waals surface area contributed by atoms with Crippen molar-refractivity contribution < 1.29 is 9.47 Å². The highest BCUT2D eigenvalue weighted by Crippen LogP contribution is 2.24. The van der Waals surface area contributed by atoms with Crippen LogP contribution in [0.5, 0.6) is 5.75 Å². The quantitative estimate of drug-likeness (QED) is 0.841. The highest BCUT2D eigenvalue weighted by Gasteiger charge is 2.27. The molecule has 0 aromatic heterocycles. The average Bonchev–Trinajstić information content (AvgIpc) is 2.84. The molecule has 0 spiro atoms. The van der Waals surface area contributed by atoms with E-state index in [-0.39, 0.29) is 6.10 Å². The summed E-state index contributed by atoms with van der Waals surface area (Å²) in [6.45, 7) is 3.83. The first-order valence-electron chi connectivity index (χ1n) is 6.81. The van der Waals surface area contributed by atoms with E-state index in [1.165, 1.54) is 5.56 Å². The molecule has 0 aliphatic carbocycles. The van der Waals surface area contributed by atoms with Crippen molar-refractivity contribution in [3.8, 4) is 5.75 Å². The van der Waals surface area contributed by atoms with E-state index in [4.69, 9.17) is 27.4 Å². The number of nitrogens with zero attached hydrogens (tertiary/aromatic N) is 1. The van der Waals surface area contributed by atoms with E-state index in [2.05, 4.69) is 18.9 Å². The standard InChI is InChI=1S/C15H22N2O2S/c1-10-13(6-7-19-10)17(2)9-11-4-5-12(15(16)20)14(8-11)18-3/h4-5,8,10,13H,6-7,9H2,1-3H3,(H2,16,20). The lowest BCUT2D eigenvalue weighted by molar-refractivity contribution is 0.0814. The van der Waals surface area contributed by atoms with Crippen LogP contribution in [-0.2, 0) is 11.3 Å². The summed E-state index contributed by atoms with van der Waals surface area (Å²) in [7, 11) is 3.77. The summed E-state index contributed by atoms with van der Waals surface area (Å²) in [6.07, 6.45) is 1.37. The van der Waals surface area contributed by atoms with Crippen LogP contribution in [0.4, 0.5) is 0 Å². The smallest absolute Gasteiger partial charge is 0.129 e. The van der Waals surface area contributed by atoms with E-state index in [1.807, 2.05) is 18.2 Å². The van der Waals surface area contributed by atoms with Gasteiger partial charge in [0, 0.05) is 19.2 Å². The van der Waals surface area contributed by atoms with Gasteiger partial charge in [0.15, 0.2) is 0 Å². The Kier molecular flexibility index (Phi) is 4.96. The lowest BCUT2D eigenvalue weighted by Crippen LogP contribution is -2.36. The van der Waals surface area contributed by atoms with Crippen molar-refractivity contribution in [3.63, 3.8) is 0 Å². The summed E-state index contributed by atoms with van der Waals surface area (Å²) in [4.78, 5) is 2.69. The van der Waals surface area contributed by atoms with E-state index in [0.29, 0.717) is 11.0 Å². The first-order chi connectivity index (χ1) is 9.52. The second-order valence-corrected chi connectivity index (χ2v) is 5.69. The van der Waals surface area contributed by atoms with Gasteiger partial charge in [0.05, 0.1) is 18.8 Å². The van der Waals surface area contributed by atoms with Crippen LogP contribution < -0.4 is 10.5 Å². The van der Waals surface area contributed by atoms with E-state index in [0.717, 1.165) is 30.9 Å². The van der Waals surface area contributed by atoms with Crippen molar-refractivity contribution >= 4 is 17.2 Å². The molecule has 1 fully saturated rings. The van der Waals surface area contributed by atoms with Crippen LogP contribution in [0, 0.1) is 0 Å². The number of methoxy groups -OCH3 is 1. The Hall–Kier alpha value is -1.17. The number of rotatable bonds is 5. The number of thiocarbonyl (C=S) groups is 1. The maximum atomic E-state index is 5.68. The third kappa shape index (κ3) is 3.29. The first kappa shape index (κ1) is 15.2. The van der Waals surface area contributed by atoms with Crippen LogP contribution in [0.1, 0.15) is 24.5 Å². The van der Waals surface area contributed by atoms with Gasteiger partial charge in [0.1, 0.15) is 10.7 Å². The molecule has 1 aromatic rings. The molecule has 1 saturated heterocycles. The molecule has 0 amide bonds. The topological polar surface area (TPSA) is 47.7 Å². The zero-order valence-corrected chi connectivity index (χ0v) is 13.1. The molecule has 1 aliphatic rings. The van der Waals surface area contributed by atoms with Crippen LogP contribution in [0.25, 0.3) is 0 Å². The number of ether oxygens (including phenoxy) is 2. The summed E-state index contributed by atoms with van der Waals surface area (Å²) in [5.41, 5.74) is 7.65. The largest absolute Gasteiger partial charge is 0.496 e. The normalized spacial score (nSPS) is 22.2. The van der Waals surface area contributed by atoms with Crippen molar-refractivity contribution in [1.29, 1.82) is 0 Å². The highest BCUT2D eigenvalue weighted by atomic mass is 32.1. The summed E-state index contributed by atoms with van der Waals surface area (Å²) < 4.78 is 11.0. The fourth-order valence-electron chi connectivity index (χ4n) is 2.74. The van der Waals surface area contributed by atoms with Crippen LogP contribution in [0.15, 0.2) is 18.2 Å². The number of benzene rings is 1. The maximum absolute atomic E-state index is 5.68. The molecule has 1 heterocycles. The van der Waals surface area contributed by atoms with E-state index in [1.54, 1.807) is 7.11 Å². The van der Waals surface area contributed by atoms with Gasteiger partial charge >= 0.3 is 0 Å². The van der Waals surface area contributed by atoms with Gasteiger partial charge < -0.3 is 15.2 Å². The van der Waals surface area contributed by atoms with Gasteiger partial charge in [-0.15, -0.1) is 0 Å². The van der Waals surface area contributed by atoms with Crippen LogP contribution >= 0.6 is 12.2 Å². The molecular weight excluding hydrogens is 272 g/mol. The van der Waals surface area contributed by atoms with E-state index < -0.39 is 0 Å². The molecular formula is C15H22N2O2S. The summed E-state index contributed by atoms with van der Waals surface area (Å²) in [6, 6.07) is 6.45. The van der Waals surface area contributed by atoms with Crippen molar-refractivity contribution in [1.82, 2.24) is 4.90 Å². The molecule has 0 radical (unpaired) electrons. The van der Waals surface area contributed by atoms with Gasteiger partial charge in [-0.25, -0.2) is 0 Å². The van der Waals surface area contributed by atoms with Gasteiger partial charge in [0.2, 0.25) is 0 Å². The minimum absolute atomic E-state index is 0.290. The number of likely N-dealkylation sites (N-methyl/N-ethyl adjacent to an activating group) is 1. The predicted molar refractivity (Wildman–Crippen MR) is 84.2 cm³/mol. The molecule has 1 aliphatic heterocycles. The average molecular weight is 294 g/mol. The fourth-order valence-corrected chi connectivity index (χ4v) is 2.91. The highest BCUT2D eigenvalue weighted by molar-refractivity contribution is 7.80. The summed E-state index contributed by atoms with van der Waals surface area (Å²) >= 11 is 5.02. The zero-order chi connectivity index (χ0) is 14.7. The third-order valence-corrected chi connectivity index (χ3v) is 4.09. The minimum atomic E-state index is 0.290. The lowest BCUT2D eigenvalue weighted by atomic mass is 10.1. The molecule has 20 heavy (non-hydrogen) atoms. The lowest BCUT2D eigenvalue weighted by Gasteiger charge is -2.26. The summed E-state index contributed by atoms with van der Waals surface area (Å²) in [5.74, 6) is 0.735. The molecule has 0 bridgehead atoms. The number of hydrogen-bond acceptors (Lipinski definition) is 4. The molecule has 2 atom stereocenters. The SMILES string of the molecule is COc1cc(CN(C)C2CCOC2C)ccc1C(N)=S. The van der Waals surface area contributed by atoms with Crippen LogP contribution in [0.2, 0.25) is 0 Å². The van der Waals surface area contributed by atoms with Gasteiger partial charge in [-0.05, 0) is 38.1 Å². The van der Waals surface area contributed by atoms with Gasteiger partial charge in [-0.3, -0.25) is 4.90 Å². The van der Waals surface area contributed by atoms with Crippen LogP contribution in [0.3, 0.4) is 0 Å². The fraction of sp³-hybridized carbons (Fsp3) is 0.533. The second kappa shape index (κ2) is 6.52. The Morgan fingerprint density at radius 1 is 1.55 bits per heavy atom. The molecule has 2 rings (SSSR count). The van der Waals surface area contributed by atoms with Gasteiger partial charge in [-0.2, -0.15) is 0 Å². The van der Waals surface area contributed by atoms with Crippen molar-refractivity contribution in [2.75, 3.05) is 20.8 Å². The molecule has 5 heteroatoms. The Bertz CT molecular complexity index is 493. The Morgan fingerprint density at radius 2 is 2.30 bits per heavy atom. The van der Waals surface area contributed by atoms with Crippen molar-refractivity contribution in [2.24, 2.45) is 5.73 Å².